The number of hydrogen-bond donors (Lipinski definition) is 5. The first-order valence-electron chi connectivity index (χ1n) is 10.5. The number of amides is 1. The Morgan fingerprint density at radius 1 is 1.28 bits per heavy atom. The van der Waals surface area contributed by atoms with Crippen LogP contribution in [0.1, 0.15) is 45.2 Å². The number of anilines is 1. The van der Waals surface area contributed by atoms with Crippen LogP contribution in [0.2, 0.25) is 5.02 Å². The van der Waals surface area contributed by atoms with Gasteiger partial charge in [-0.1, -0.05) is 29.8 Å². The van der Waals surface area contributed by atoms with E-state index in [-0.39, 0.29) is 17.7 Å². The Morgan fingerprint density at radius 2 is 2.09 bits per heavy atom. The maximum absolute atomic E-state index is 13.6. The zero-order valence-electron chi connectivity index (χ0n) is 17.3. The van der Waals surface area contributed by atoms with Crippen molar-refractivity contribution in [2.24, 2.45) is 11.5 Å². The van der Waals surface area contributed by atoms with Crippen molar-refractivity contribution >= 4 is 50.4 Å². The number of hydrogen-bond acceptors (Lipinski definition) is 7. The Balaban J connectivity index is 1.70. The molecule has 0 bridgehead atoms. The van der Waals surface area contributed by atoms with E-state index in [0.29, 0.717) is 48.9 Å². The highest BCUT2D eigenvalue weighted by Gasteiger charge is 2.48. The summed E-state index contributed by atoms with van der Waals surface area (Å²) in [5, 5.41) is 7.53. The van der Waals surface area contributed by atoms with Gasteiger partial charge in [-0.15, -0.1) is 11.3 Å². The van der Waals surface area contributed by atoms with Crippen molar-refractivity contribution in [3.8, 4) is 0 Å². The molecule has 8 N–H and O–H groups in total. The standard InChI is InChI=1S/C23H24ClN5O2S/c24-12-4-1-3-11(9-12)23(27)14-6-7-15(25)19-16(14)17(18(26)21(23)30)20(32-19)22(31)29-13-5-2-8-28-10-13/h1,3-4,6-7,9,13,18,28H,2,5,8,10,25-27H2,(H,29,31). The van der Waals surface area contributed by atoms with Gasteiger partial charge >= 0.3 is 0 Å². The van der Waals surface area contributed by atoms with Gasteiger partial charge in [0, 0.05) is 34.2 Å². The van der Waals surface area contributed by atoms with E-state index in [1.165, 1.54) is 11.3 Å². The van der Waals surface area contributed by atoms with Gasteiger partial charge in [0.2, 0.25) is 0 Å². The maximum atomic E-state index is 13.6. The van der Waals surface area contributed by atoms with Crippen LogP contribution >= 0.6 is 22.9 Å². The topological polar surface area (TPSA) is 136 Å². The van der Waals surface area contributed by atoms with Crippen LogP contribution in [0.25, 0.3) is 10.1 Å². The summed E-state index contributed by atoms with van der Waals surface area (Å²) in [6, 6.07) is 9.35. The quantitative estimate of drug-likeness (QED) is 0.373. The predicted molar refractivity (Wildman–Crippen MR) is 128 cm³/mol. The molecule has 2 aromatic carbocycles. The van der Waals surface area contributed by atoms with E-state index in [9.17, 15) is 9.59 Å². The highest BCUT2D eigenvalue weighted by Crippen LogP contribution is 2.49. The Bertz CT molecular complexity index is 1250. The molecule has 5 rings (SSSR count). The van der Waals surface area contributed by atoms with Crippen molar-refractivity contribution in [3.05, 3.63) is 63.0 Å². The van der Waals surface area contributed by atoms with Crippen molar-refractivity contribution < 1.29 is 9.59 Å². The number of nitrogens with one attached hydrogen (secondary N) is 2. The largest absolute Gasteiger partial charge is 0.398 e. The molecule has 166 valence electrons. The number of halogens is 1. The van der Waals surface area contributed by atoms with Gasteiger partial charge in [-0.05, 0) is 48.7 Å². The van der Waals surface area contributed by atoms with Crippen molar-refractivity contribution in [1.29, 1.82) is 0 Å². The van der Waals surface area contributed by atoms with E-state index in [4.69, 9.17) is 28.8 Å². The van der Waals surface area contributed by atoms with E-state index in [0.717, 1.165) is 19.4 Å². The number of nitrogens with two attached hydrogens (primary N) is 3. The lowest BCUT2D eigenvalue weighted by Crippen LogP contribution is -2.52. The number of benzene rings is 2. The number of carbonyl (C=O) groups is 2. The molecule has 1 aliphatic heterocycles. The average molecular weight is 470 g/mol. The molecule has 3 aromatic rings. The average Bonchev–Trinajstić information content (AvgIpc) is 3.19. The van der Waals surface area contributed by atoms with Crippen LogP contribution in [0.3, 0.4) is 0 Å². The smallest absolute Gasteiger partial charge is 0.262 e. The van der Waals surface area contributed by atoms with Gasteiger partial charge < -0.3 is 27.8 Å². The van der Waals surface area contributed by atoms with E-state index < -0.39 is 11.6 Å². The fourth-order valence-electron chi connectivity index (χ4n) is 4.81. The van der Waals surface area contributed by atoms with Crippen molar-refractivity contribution in [1.82, 2.24) is 10.6 Å². The molecular weight excluding hydrogens is 446 g/mol. The number of ketones is 1. The molecule has 2 aliphatic rings. The lowest BCUT2D eigenvalue weighted by molar-refractivity contribution is -0.124. The monoisotopic (exact) mass is 469 g/mol. The molecule has 2 heterocycles. The fourth-order valence-corrected chi connectivity index (χ4v) is 6.20. The number of carbonyl (C=O) groups excluding carboxylic acids is 2. The number of nitrogen functional groups attached to an aromatic ring is 1. The number of thiophene rings is 1. The fraction of sp³-hybridized carbons (Fsp3) is 0.304. The molecule has 0 spiro atoms. The van der Waals surface area contributed by atoms with E-state index in [1.807, 2.05) is 0 Å². The first-order chi connectivity index (χ1) is 15.3. The highest BCUT2D eigenvalue weighted by atomic mass is 35.5. The van der Waals surface area contributed by atoms with E-state index >= 15 is 0 Å². The van der Waals surface area contributed by atoms with Gasteiger partial charge in [-0.3, -0.25) is 9.59 Å². The van der Waals surface area contributed by atoms with Crippen LogP contribution in [-0.4, -0.2) is 30.8 Å². The molecule has 0 saturated carbocycles. The van der Waals surface area contributed by atoms with Crippen LogP contribution in [0.4, 0.5) is 5.69 Å². The summed E-state index contributed by atoms with van der Waals surface area (Å²) in [7, 11) is 0. The van der Waals surface area contributed by atoms with Gasteiger partial charge in [0.1, 0.15) is 5.54 Å². The van der Waals surface area contributed by atoms with Gasteiger partial charge in [0.25, 0.3) is 5.91 Å². The number of piperidine rings is 1. The van der Waals surface area contributed by atoms with Gasteiger partial charge in [0.15, 0.2) is 5.78 Å². The molecule has 32 heavy (non-hydrogen) atoms. The molecular formula is C23H24ClN5O2S. The van der Waals surface area contributed by atoms with Gasteiger partial charge in [-0.2, -0.15) is 0 Å². The van der Waals surface area contributed by atoms with Crippen LogP contribution in [0.15, 0.2) is 36.4 Å². The summed E-state index contributed by atoms with van der Waals surface area (Å²) < 4.78 is 0.712. The Morgan fingerprint density at radius 3 is 2.81 bits per heavy atom. The van der Waals surface area contributed by atoms with Crippen molar-refractivity contribution in [3.63, 3.8) is 0 Å². The molecule has 9 heteroatoms. The van der Waals surface area contributed by atoms with E-state index in [2.05, 4.69) is 10.6 Å². The SMILES string of the molecule is Nc1ccc2c3c(c(C(=O)NC4CCCNC4)sc13)C(N)C(=O)C2(N)c1cccc(Cl)c1. The number of rotatable bonds is 3. The molecule has 1 aliphatic carbocycles. The van der Waals surface area contributed by atoms with E-state index in [1.54, 1.807) is 36.4 Å². The first kappa shape index (κ1) is 21.4. The van der Waals surface area contributed by atoms with Gasteiger partial charge in [0.05, 0.1) is 15.6 Å². The third kappa shape index (κ3) is 3.14. The van der Waals surface area contributed by atoms with Gasteiger partial charge in [-0.25, -0.2) is 0 Å². The molecule has 0 radical (unpaired) electrons. The molecule has 1 saturated heterocycles. The Kier molecular flexibility index (Phi) is 5.22. The summed E-state index contributed by atoms with van der Waals surface area (Å²) in [5.74, 6) is -0.624. The van der Waals surface area contributed by atoms with Crippen LogP contribution in [0.5, 0.6) is 0 Å². The lowest BCUT2D eigenvalue weighted by atomic mass is 9.70. The summed E-state index contributed by atoms with van der Waals surface area (Å²) >= 11 is 7.46. The Hall–Kier alpha value is -2.49. The molecule has 7 nitrogen and oxygen atoms in total. The summed E-state index contributed by atoms with van der Waals surface area (Å²) in [6.07, 6.45) is 1.90. The van der Waals surface area contributed by atoms with Crippen LogP contribution in [-0.2, 0) is 10.3 Å². The Labute approximate surface area is 194 Å². The minimum atomic E-state index is -1.49. The van der Waals surface area contributed by atoms with Crippen molar-refractivity contribution in [2.45, 2.75) is 30.5 Å². The second-order valence-electron chi connectivity index (χ2n) is 8.43. The third-order valence-corrected chi connectivity index (χ3v) is 7.92. The summed E-state index contributed by atoms with van der Waals surface area (Å²) in [5.41, 5.74) is 20.2. The minimum absolute atomic E-state index is 0.0288. The van der Waals surface area contributed by atoms with Crippen LogP contribution < -0.4 is 27.8 Å². The normalized spacial score (nSPS) is 25.2. The summed E-state index contributed by atoms with van der Waals surface area (Å²) in [4.78, 5) is 27.3. The lowest BCUT2D eigenvalue weighted by Gasteiger charge is -2.36. The second-order valence-corrected chi connectivity index (χ2v) is 9.89. The predicted octanol–water partition coefficient (Wildman–Crippen LogP) is 2.40. The third-order valence-electron chi connectivity index (χ3n) is 6.43. The zero-order chi connectivity index (χ0) is 22.6. The number of Topliss-reactive ketones (excluding diaryl/α,β-unsaturated/α-hetero) is 1. The molecule has 3 atom stereocenters. The second kappa shape index (κ2) is 7.83. The minimum Gasteiger partial charge on any atom is -0.398 e. The maximum Gasteiger partial charge on any atom is 0.262 e. The molecule has 1 aromatic heterocycles. The van der Waals surface area contributed by atoms with Crippen molar-refractivity contribution in [2.75, 3.05) is 18.8 Å². The highest BCUT2D eigenvalue weighted by molar-refractivity contribution is 7.21. The summed E-state index contributed by atoms with van der Waals surface area (Å²) in [6.45, 7) is 1.66. The van der Waals surface area contributed by atoms with Crippen LogP contribution in [0, 0.1) is 0 Å². The molecule has 1 amide bonds. The molecule has 3 unspecified atom stereocenters. The first-order valence-corrected chi connectivity index (χ1v) is 11.7. The zero-order valence-corrected chi connectivity index (χ0v) is 18.9. The molecule has 1 fully saturated rings.